The number of carbonyl (C=O) groups is 2. The minimum Gasteiger partial charge on any atom is -0.491 e. The van der Waals surface area contributed by atoms with E-state index in [1.807, 2.05) is 31.2 Å². The minimum atomic E-state index is -1.20. The highest BCUT2D eigenvalue weighted by Crippen LogP contribution is 2.28. The maximum absolute atomic E-state index is 13.1. The van der Waals surface area contributed by atoms with Gasteiger partial charge in [-0.1, -0.05) is 30.3 Å². The fourth-order valence-corrected chi connectivity index (χ4v) is 2.84. The number of ether oxygens (including phenoxy) is 1. The Bertz CT molecular complexity index is 807. The number of carbonyl (C=O) groups excluding carboxylic acids is 2. The molecular formula is C19H19FN2O3. The number of imide groups is 1. The van der Waals surface area contributed by atoms with Gasteiger partial charge in [0.15, 0.2) is 0 Å². The average molecular weight is 342 g/mol. The predicted molar refractivity (Wildman–Crippen MR) is 90.7 cm³/mol. The van der Waals surface area contributed by atoms with Crippen LogP contribution >= 0.6 is 0 Å². The van der Waals surface area contributed by atoms with E-state index in [-0.39, 0.29) is 19.1 Å². The van der Waals surface area contributed by atoms with Crippen LogP contribution in [0.15, 0.2) is 48.5 Å². The molecule has 1 heterocycles. The van der Waals surface area contributed by atoms with Gasteiger partial charge < -0.3 is 10.1 Å². The molecule has 0 spiro atoms. The van der Waals surface area contributed by atoms with Crippen LogP contribution in [0.2, 0.25) is 0 Å². The van der Waals surface area contributed by atoms with Crippen LogP contribution in [-0.4, -0.2) is 30.0 Å². The van der Waals surface area contributed by atoms with E-state index in [4.69, 9.17) is 4.74 Å². The van der Waals surface area contributed by atoms with Gasteiger partial charge in [0, 0.05) is 0 Å². The first-order valence-electron chi connectivity index (χ1n) is 8.00. The largest absolute Gasteiger partial charge is 0.491 e. The van der Waals surface area contributed by atoms with Crippen molar-refractivity contribution >= 4 is 11.9 Å². The minimum absolute atomic E-state index is 0.135. The lowest BCUT2D eigenvalue weighted by atomic mass is 9.92. The van der Waals surface area contributed by atoms with Crippen LogP contribution in [0.5, 0.6) is 5.75 Å². The number of hydrogen-bond acceptors (Lipinski definition) is 3. The molecule has 1 N–H and O–H groups in total. The predicted octanol–water partition coefficient (Wildman–Crippen LogP) is 2.98. The van der Waals surface area contributed by atoms with Crippen molar-refractivity contribution in [2.45, 2.75) is 19.4 Å². The highest BCUT2D eigenvalue weighted by Gasteiger charge is 2.48. The fraction of sp³-hybridized carbons (Fsp3) is 0.263. The normalized spacial score (nSPS) is 19.9. The van der Waals surface area contributed by atoms with Crippen LogP contribution in [0.1, 0.15) is 18.1 Å². The standard InChI is InChI=1S/C19H19FN2O3/c1-13-5-3-4-6-16(13)25-12-11-22-17(23)19(2,21-18(22)24)14-7-9-15(20)10-8-14/h3-10H,11-12H2,1-2H3,(H,21,24). The van der Waals surface area contributed by atoms with Crippen LogP contribution in [-0.2, 0) is 10.3 Å². The van der Waals surface area contributed by atoms with Crippen LogP contribution in [0.25, 0.3) is 0 Å². The molecule has 1 aliphatic heterocycles. The molecule has 3 amide bonds. The Labute approximate surface area is 145 Å². The summed E-state index contributed by atoms with van der Waals surface area (Å²) in [7, 11) is 0. The summed E-state index contributed by atoms with van der Waals surface area (Å²) >= 11 is 0. The summed E-state index contributed by atoms with van der Waals surface area (Å²) in [6, 6.07) is 12.6. The second kappa shape index (κ2) is 6.55. The van der Waals surface area contributed by atoms with Gasteiger partial charge in [0.25, 0.3) is 5.91 Å². The number of para-hydroxylation sites is 1. The quantitative estimate of drug-likeness (QED) is 0.850. The van der Waals surface area contributed by atoms with Crippen molar-refractivity contribution in [3.63, 3.8) is 0 Å². The second-order valence-electron chi connectivity index (χ2n) is 6.13. The first-order valence-corrected chi connectivity index (χ1v) is 8.00. The molecule has 0 saturated carbocycles. The van der Waals surface area contributed by atoms with Gasteiger partial charge in [-0.15, -0.1) is 0 Å². The molecule has 1 atom stereocenters. The highest BCUT2D eigenvalue weighted by molar-refractivity contribution is 6.07. The summed E-state index contributed by atoms with van der Waals surface area (Å²) in [6.07, 6.45) is 0. The van der Waals surface area contributed by atoms with Crippen LogP contribution in [0.4, 0.5) is 9.18 Å². The first kappa shape index (κ1) is 17.0. The van der Waals surface area contributed by atoms with Crippen molar-refractivity contribution in [1.82, 2.24) is 10.2 Å². The van der Waals surface area contributed by atoms with E-state index in [1.165, 1.54) is 24.3 Å². The van der Waals surface area contributed by atoms with Crippen LogP contribution in [0.3, 0.4) is 0 Å². The van der Waals surface area contributed by atoms with Crippen molar-refractivity contribution in [2.24, 2.45) is 0 Å². The molecule has 0 radical (unpaired) electrons. The first-order chi connectivity index (χ1) is 11.9. The molecule has 5 nitrogen and oxygen atoms in total. The number of nitrogens with zero attached hydrogens (tertiary/aromatic N) is 1. The molecule has 2 aromatic rings. The summed E-state index contributed by atoms with van der Waals surface area (Å²) in [4.78, 5) is 26.1. The average Bonchev–Trinajstić information content (AvgIpc) is 2.81. The number of nitrogens with one attached hydrogen (secondary N) is 1. The van der Waals surface area contributed by atoms with E-state index < -0.39 is 17.4 Å². The Kier molecular flexibility index (Phi) is 4.44. The summed E-state index contributed by atoms with van der Waals surface area (Å²) in [5.74, 6) is -0.0547. The molecule has 1 unspecified atom stereocenters. The Hall–Kier alpha value is -2.89. The van der Waals surface area contributed by atoms with E-state index in [0.29, 0.717) is 5.56 Å². The number of amides is 3. The zero-order valence-corrected chi connectivity index (χ0v) is 14.1. The molecule has 25 heavy (non-hydrogen) atoms. The van der Waals surface area contributed by atoms with E-state index in [1.54, 1.807) is 6.92 Å². The molecule has 1 saturated heterocycles. The summed E-state index contributed by atoms with van der Waals surface area (Å²) in [6.45, 7) is 3.87. The van der Waals surface area contributed by atoms with Crippen molar-refractivity contribution in [2.75, 3.05) is 13.2 Å². The SMILES string of the molecule is Cc1ccccc1OCCN1C(=O)NC(C)(c2ccc(F)cc2)C1=O. The summed E-state index contributed by atoms with van der Waals surface area (Å²) in [5.41, 5.74) is 0.318. The van der Waals surface area contributed by atoms with Gasteiger partial charge >= 0.3 is 6.03 Å². The lowest BCUT2D eigenvalue weighted by molar-refractivity contribution is -0.131. The summed E-state index contributed by atoms with van der Waals surface area (Å²) in [5, 5.41) is 2.69. The third-order valence-electron chi connectivity index (χ3n) is 4.36. The monoisotopic (exact) mass is 342 g/mol. The molecule has 0 aromatic heterocycles. The maximum atomic E-state index is 13.1. The number of hydrogen-bond donors (Lipinski definition) is 1. The Balaban J connectivity index is 1.69. The lowest BCUT2D eigenvalue weighted by Gasteiger charge is -2.22. The van der Waals surface area contributed by atoms with E-state index >= 15 is 0 Å². The van der Waals surface area contributed by atoms with E-state index in [0.717, 1.165) is 16.2 Å². The van der Waals surface area contributed by atoms with Crippen molar-refractivity contribution < 1.29 is 18.7 Å². The number of benzene rings is 2. The lowest BCUT2D eigenvalue weighted by Crippen LogP contribution is -2.41. The number of urea groups is 1. The van der Waals surface area contributed by atoms with Gasteiger partial charge in [0.05, 0.1) is 6.54 Å². The highest BCUT2D eigenvalue weighted by atomic mass is 19.1. The molecule has 1 aliphatic rings. The maximum Gasteiger partial charge on any atom is 0.325 e. The number of rotatable bonds is 5. The van der Waals surface area contributed by atoms with Crippen molar-refractivity contribution in [3.8, 4) is 5.75 Å². The third kappa shape index (κ3) is 3.20. The fourth-order valence-electron chi connectivity index (χ4n) is 2.84. The van der Waals surface area contributed by atoms with Gasteiger partial charge in [-0.25, -0.2) is 9.18 Å². The van der Waals surface area contributed by atoms with Gasteiger partial charge in [-0.3, -0.25) is 9.69 Å². The molecule has 1 fully saturated rings. The molecule has 3 rings (SSSR count). The van der Waals surface area contributed by atoms with Gasteiger partial charge in [0.2, 0.25) is 0 Å². The molecule has 6 heteroatoms. The van der Waals surface area contributed by atoms with Gasteiger partial charge in [-0.2, -0.15) is 0 Å². The third-order valence-corrected chi connectivity index (χ3v) is 4.36. The zero-order chi connectivity index (χ0) is 18.0. The van der Waals surface area contributed by atoms with Crippen molar-refractivity contribution in [3.05, 3.63) is 65.5 Å². The zero-order valence-electron chi connectivity index (χ0n) is 14.1. The summed E-state index contributed by atoms with van der Waals surface area (Å²) < 4.78 is 18.8. The molecule has 0 bridgehead atoms. The topological polar surface area (TPSA) is 58.6 Å². The Morgan fingerprint density at radius 3 is 2.48 bits per heavy atom. The molecule has 2 aromatic carbocycles. The Morgan fingerprint density at radius 1 is 1.12 bits per heavy atom. The van der Waals surface area contributed by atoms with E-state index in [2.05, 4.69) is 5.32 Å². The van der Waals surface area contributed by atoms with E-state index in [9.17, 15) is 14.0 Å². The van der Waals surface area contributed by atoms with Gasteiger partial charge in [0.1, 0.15) is 23.7 Å². The number of aryl methyl sites for hydroxylation is 1. The van der Waals surface area contributed by atoms with Gasteiger partial charge in [-0.05, 0) is 43.2 Å². The Morgan fingerprint density at radius 2 is 1.80 bits per heavy atom. The smallest absolute Gasteiger partial charge is 0.325 e. The second-order valence-corrected chi connectivity index (χ2v) is 6.13. The molecule has 130 valence electrons. The van der Waals surface area contributed by atoms with Crippen molar-refractivity contribution in [1.29, 1.82) is 0 Å². The number of halogens is 1. The van der Waals surface area contributed by atoms with Crippen LogP contribution < -0.4 is 10.1 Å². The molecular weight excluding hydrogens is 323 g/mol. The molecule has 0 aliphatic carbocycles. The van der Waals surface area contributed by atoms with Crippen LogP contribution in [0, 0.1) is 12.7 Å².